The fraction of sp³-hybridized carbons (Fsp3) is 0.150. The molecule has 0 amide bonds. The van der Waals surface area contributed by atoms with Crippen molar-refractivity contribution in [1.29, 1.82) is 0 Å². The first-order valence-corrected chi connectivity index (χ1v) is 9.76. The summed E-state index contributed by atoms with van der Waals surface area (Å²) in [7, 11) is 1.37. The Hall–Kier alpha value is -3.41. The molecule has 0 saturated heterocycles. The average Bonchev–Trinajstić information content (AvgIpc) is 3.42. The third kappa shape index (κ3) is 4.31. The summed E-state index contributed by atoms with van der Waals surface area (Å²) < 4.78 is 87.0. The normalized spacial score (nSPS) is 12.2. The van der Waals surface area contributed by atoms with E-state index in [1.54, 1.807) is 23.6 Å². The van der Waals surface area contributed by atoms with Gasteiger partial charge in [0.15, 0.2) is 11.4 Å². The van der Waals surface area contributed by atoms with Crippen LogP contribution in [-0.4, -0.2) is 26.9 Å². The van der Waals surface area contributed by atoms with Gasteiger partial charge in [-0.3, -0.25) is 0 Å². The zero-order chi connectivity index (χ0) is 23.1. The van der Waals surface area contributed by atoms with Crippen LogP contribution in [0.3, 0.4) is 0 Å². The Bertz CT molecular complexity index is 1250. The molecule has 0 saturated carbocycles. The second-order valence-corrected chi connectivity index (χ2v) is 7.42. The van der Waals surface area contributed by atoms with Gasteiger partial charge in [0.25, 0.3) is 5.95 Å². The van der Waals surface area contributed by atoms with Crippen LogP contribution < -0.4 is 4.74 Å². The summed E-state index contributed by atoms with van der Waals surface area (Å²) >= 11 is 1.14. The molecule has 3 heterocycles. The Balaban J connectivity index is 1.95. The quantitative estimate of drug-likeness (QED) is 0.338. The fourth-order valence-electron chi connectivity index (χ4n) is 2.88. The number of halogens is 6. The number of rotatable bonds is 4. The zero-order valence-electron chi connectivity index (χ0n) is 16.1. The molecule has 0 aliphatic rings. The lowest BCUT2D eigenvalue weighted by atomic mass is 10.1. The molecular formula is C20H12F6N4OS. The minimum atomic E-state index is -4.92. The Morgan fingerprint density at radius 2 is 1.66 bits per heavy atom. The third-order valence-corrected chi connectivity index (χ3v) is 5.23. The molecule has 5 nitrogen and oxygen atoms in total. The van der Waals surface area contributed by atoms with Crippen molar-refractivity contribution in [1.82, 2.24) is 19.7 Å². The van der Waals surface area contributed by atoms with E-state index in [2.05, 4.69) is 15.1 Å². The number of aromatic nitrogens is 4. The van der Waals surface area contributed by atoms with Crippen LogP contribution in [0.5, 0.6) is 5.75 Å². The zero-order valence-corrected chi connectivity index (χ0v) is 16.9. The topological polar surface area (TPSA) is 52.8 Å². The highest BCUT2D eigenvalue weighted by Gasteiger charge is 2.39. The maximum absolute atomic E-state index is 13.7. The van der Waals surface area contributed by atoms with E-state index in [0.717, 1.165) is 17.4 Å². The molecule has 0 unspecified atom stereocenters. The van der Waals surface area contributed by atoms with E-state index in [1.807, 2.05) is 0 Å². The molecular weight excluding hydrogens is 458 g/mol. The summed E-state index contributed by atoms with van der Waals surface area (Å²) in [5.74, 6) is -0.515. The van der Waals surface area contributed by atoms with Crippen molar-refractivity contribution in [3.05, 3.63) is 65.3 Å². The molecule has 12 heteroatoms. The summed E-state index contributed by atoms with van der Waals surface area (Å²) in [5, 5.41) is 5.51. The van der Waals surface area contributed by atoms with Crippen molar-refractivity contribution in [2.75, 3.05) is 7.11 Å². The van der Waals surface area contributed by atoms with Crippen molar-refractivity contribution in [3.8, 4) is 33.5 Å². The first kappa shape index (κ1) is 21.8. The van der Waals surface area contributed by atoms with Crippen molar-refractivity contribution < 1.29 is 31.1 Å². The molecule has 0 aliphatic heterocycles. The van der Waals surface area contributed by atoms with Crippen LogP contribution in [0.4, 0.5) is 26.3 Å². The number of ether oxygens (including phenoxy) is 1. The van der Waals surface area contributed by atoms with Crippen LogP contribution in [0, 0.1) is 0 Å². The van der Waals surface area contributed by atoms with E-state index in [1.165, 1.54) is 25.3 Å². The number of alkyl halides is 6. The highest BCUT2D eigenvalue weighted by molar-refractivity contribution is 7.13. The highest BCUT2D eigenvalue weighted by atomic mass is 32.1. The van der Waals surface area contributed by atoms with Crippen LogP contribution >= 0.6 is 11.3 Å². The molecule has 166 valence electrons. The monoisotopic (exact) mass is 470 g/mol. The molecule has 32 heavy (non-hydrogen) atoms. The molecule has 0 atom stereocenters. The summed E-state index contributed by atoms with van der Waals surface area (Å²) in [6, 6.07) is 10.5. The number of thiophene rings is 1. The Labute approximate surface area is 180 Å². The maximum Gasteiger partial charge on any atom is 0.433 e. The predicted octanol–water partition coefficient (Wildman–Crippen LogP) is 6.10. The third-order valence-electron chi connectivity index (χ3n) is 4.33. The predicted molar refractivity (Wildman–Crippen MR) is 104 cm³/mol. The highest BCUT2D eigenvalue weighted by Crippen LogP contribution is 2.36. The van der Waals surface area contributed by atoms with Gasteiger partial charge in [-0.05, 0) is 35.7 Å². The van der Waals surface area contributed by atoms with Crippen LogP contribution in [0.1, 0.15) is 11.4 Å². The van der Waals surface area contributed by atoms with Gasteiger partial charge in [0.05, 0.1) is 17.7 Å². The Morgan fingerprint density at radius 3 is 2.28 bits per heavy atom. The number of benzene rings is 1. The molecule has 4 rings (SSSR count). The number of hydrogen-bond acceptors (Lipinski definition) is 5. The van der Waals surface area contributed by atoms with Gasteiger partial charge in [0.1, 0.15) is 11.4 Å². The average molecular weight is 470 g/mol. The standard InChI is InChI=1S/C20H12F6N4OS/c1-31-12-5-2-4-11(8-12)13-9-16(19(21,22)23)28-18(27-13)30-17(20(24,25)26)10-14(29-30)15-6-3-7-32-15/h2-10H,1H3. The van der Waals surface area contributed by atoms with Gasteiger partial charge in [-0.2, -0.15) is 36.1 Å². The number of methoxy groups -OCH3 is 1. The molecule has 0 bridgehead atoms. The lowest BCUT2D eigenvalue weighted by Crippen LogP contribution is -2.18. The van der Waals surface area contributed by atoms with E-state index < -0.39 is 29.7 Å². The number of nitrogens with zero attached hydrogens (tertiary/aromatic N) is 4. The fourth-order valence-corrected chi connectivity index (χ4v) is 3.57. The van der Waals surface area contributed by atoms with Crippen molar-refractivity contribution in [2.24, 2.45) is 0 Å². The molecule has 0 spiro atoms. The summed E-state index contributed by atoms with van der Waals surface area (Å²) in [6.45, 7) is 0. The Kier molecular flexibility index (Phi) is 5.41. The van der Waals surface area contributed by atoms with Crippen LogP contribution in [0.25, 0.3) is 27.8 Å². The molecule has 0 radical (unpaired) electrons. The van der Waals surface area contributed by atoms with Gasteiger partial charge in [-0.25, -0.2) is 9.97 Å². The molecule has 0 fully saturated rings. The largest absolute Gasteiger partial charge is 0.497 e. The van der Waals surface area contributed by atoms with Gasteiger partial charge in [-0.1, -0.05) is 18.2 Å². The molecule has 4 aromatic rings. The minimum absolute atomic E-state index is 0.0590. The van der Waals surface area contributed by atoms with E-state index in [9.17, 15) is 26.3 Å². The van der Waals surface area contributed by atoms with Crippen LogP contribution in [0.2, 0.25) is 0 Å². The number of hydrogen-bond donors (Lipinski definition) is 0. The molecule has 1 aromatic carbocycles. The van der Waals surface area contributed by atoms with Gasteiger partial charge in [0.2, 0.25) is 0 Å². The van der Waals surface area contributed by atoms with Gasteiger partial charge in [-0.15, -0.1) is 11.3 Å². The molecule has 0 aliphatic carbocycles. The molecule has 0 N–H and O–H groups in total. The summed E-state index contributed by atoms with van der Waals surface area (Å²) in [4.78, 5) is 7.73. The smallest absolute Gasteiger partial charge is 0.433 e. The van der Waals surface area contributed by atoms with Crippen molar-refractivity contribution in [2.45, 2.75) is 12.4 Å². The van der Waals surface area contributed by atoms with Gasteiger partial charge < -0.3 is 4.74 Å². The van der Waals surface area contributed by atoms with Crippen LogP contribution in [-0.2, 0) is 12.4 Å². The first-order chi connectivity index (χ1) is 15.1. The summed E-state index contributed by atoms with van der Waals surface area (Å²) in [6.07, 6.45) is -9.83. The van der Waals surface area contributed by atoms with E-state index >= 15 is 0 Å². The van der Waals surface area contributed by atoms with E-state index in [-0.39, 0.29) is 21.6 Å². The summed E-state index contributed by atoms with van der Waals surface area (Å²) in [5.41, 5.74) is -2.78. The van der Waals surface area contributed by atoms with E-state index in [0.29, 0.717) is 16.7 Å². The van der Waals surface area contributed by atoms with Crippen molar-refractivity contribution in [3.63, 3.8) is 0 Å². The minimum Gasteiger partial charge on any atom is -0.497 e. The van der Waals surface area contributed by atoms with Gasteiger partial charge >= 0.3 is 12.4 Å². The SMILES string of the molecule is COc1cccc(-c2cc(C(F)(F)F)nc(-n3nc(-c4cccs4)cc3C(F)(F)F)n2)c1. The van der Waals surface area contributed by atoms with Gasteiger partial charge in [0, 0.05) is 5.56 Å². The van der Waals surface area contributed by atoms with Crippen molar-refractivity contribution >= 4 is 11.3 Å². The lowest BCUT2D eigenvalue weighted by Gasteiger charge is -2.13. The lowest BCUT2D eigenvalue weighted by molar-refractivity contribution is -0.143. The second-order valence-electron chi connectivity index (χ2n) is 6.47. The maximum atomic E-state index is 13.7. The first-order valence-electron chi connectivity index (χ1n) is 8.88. The van der Waals surface area contributed by atoms with E-state index in [4.69, 9.17) is 4.74 Å². The molecule has 3 aromatic heterocycles. The Morgan fingerprint density at radius 1 is 0.875 bits per heavy atom. The van der Waals surface area contributed by atoms with Crippen LogP contribution in [0.15, 0.2) is 53.9 Å². The second kappa shape index (κ2) is 7.93.